The third kappa shape index (κ3) is 4.45. The number of benzene rings is 2. The van der Waals surface area contributed by atoms with Crippen molar-refractivity contribution in [1.29, 1.82) is 5.26 Å². The molecule has 0 spiro atoms. The molecule has 0 unspecified atom stereocenters. The van der Waals surface area contributed by atoms with E-state index in [1.807, 2.05) is 6.07 Å². The van der Waals surface area contributed by atoms with Crippen molar-refractivity contribution in [2.24, 2.45) is 0 Å². The van der Waals surface area contributed by atoms with Crippen LogP contribution < -0.4 is 14.8 Å². The normalized spacial score (nSPS) is 11.1. The lowest BCUT2D eigenvalue weighted by atomic mass is 10.2. The predicted molar refractivity (Wildman–Crippen MR) is 89.5 cm³/mol. The lowest BCUT2D eigenvalue weighted by Gasteiger charge is -2.16. The fraction of sp³-hybridized carbons (Fsp3) is 0.176. The van der Waals surface area contributed by atoms with Gasteiger partial charge in [0.25, 0.3) is 11.6 Å². The van der Waals surface area contributed by atoms with Crippen LogP contribution in [0.15, 0.2) is 42.5 Å². The number of carbonyl (C=O) groups excluding carboxylic acids is 1. The summed E-state index contributed by atoms with van der Waals surface area (Å²) in [6.07, 6.45) is -0.826. The minimum atomic E-state index is -0.826. The van der Waals surface area contributed by atoms with Crippen LogP contribution in [0, 0.1) is 21.4 Å². The third-order valence-electron chi connectivity index (χ3n) is 3.32. The van der Waals surface area contributed by atoms with Crippen LogP contribution in [0.25, 0.3) is 0 Å². The maximum atomic E-state index is 12.2. The quantitative estimate of drug-likeness (QED) is 0.638. The standard InChI is InChI=1S/C17H15N3O5/c1-11(25-14-6-3-12(10-18)4-7-14)17(21)19-15-8-5-13(20(22)23)9-16(15)24-2/h3-9,11H,1-2H3,(H,19,21)/t11-/m0/s1. The molecule has 25 heavy (non-hydrogen) atoms. The van der Waals surface area contributed by atoms with E-state index in [0.717, 1.165) is 0 Å². The number of non-ortho nitro benzene ring substituents is 1. The van der Waals surface area contributed by atoms with Gasteiger partial charge < -0.3 is 14.8 Å². The van der Waals surface area contributed by atoms with E-state index in [0.29, 0.717) is 17.0 Å². The molecule has 0 fully saturated rings. The van der Waals surface area contributed by atoms with Gasteiger partial charge in [0.05, 0.1) is 35.4 Å². The molecule has 1 atom stereocenters. The molecule has 2 aromatic carbocycles. The van der Waals surface area contributed by atoms with Gasteiger partial charge >= 0.3 is 0 Å². The van der Waals surface area contributed by atoms with Crippen molar-refractivity contribution in [3.63, 3.8) is 0 Å². The number of nitrogens with one attached hydrogen (secondary N) is 1. The van der Waals surface area contributed by atoms with Crippen LogP contribution in [0.5, 0.6) is 11.5 Å². The molecule has 2 aromatic rings. The van der Waals surface area contributed by atoms with Crippen molar-refractivity contribution >= 4 is 17.3 Å². The number of nitro groups is 1. The predicted octanol–water partition coefficient (Wildman–Crippen LogP) is 2.88. The molecule has 0 heterocycles. The number of ether oxygens (including phenoxy) is 2. The highest BCUT2D eigenvalue weighted by atomic mass is 16.6. The Bertz CT molecular complexity index is 827. The summed E-state index contributed by atoms with van der Waals surface area (Å²) in [5.74, 6) is 0.168. The van der Waals surface area contributed by atoms with E-state index in [9.17, 15) is 14.9 Å². The Hall–Kier alpha value is -3.60. The summed E-state index contributed by atoms with van der Waals surface area (Å²) in [5.41, 5.74) is 0.644. The van der Waals surface area contributed by atoms with Crippen molar-refractivity contribution in [2.75, 3.05) is 12.4 Å². The van der Waals surface area contributed by atoms with Crippen molar-refractivity contribution in [2.45, 2.75) is 13.0 Å². The van der Waals surface area contributed by atoms with E-state index < -0.39 is 16.9 Å². The summed E-state index contributed by atoms with van der Waals surface area (Å²) in [6.45, 7) is 1.56. The Kier molecular flexibility index (Phi) is 5.53. The molecule has 0 bridgehead atoms. The van der Waals surface area contributed by atoms with Gasteiger partial charge in [-0.25, -0.2) is 0 Å². The molecule has 128 valence electrons. The van der Waals surface area contributed by atoms with E-state index in [2.05, 4.69) is 5.32 Å². The molecular formula is C17H15N3O5. The number of nitriles is 1. The van der Waals surface area contributed by atoms with Gasteiger partial charge in [0.1, 0.15) is 11.5 Å². The Morgan fingerprint density at radius 3 is 2.52 bits per heavy atom. The number of anilines is 1. The van der Waals surface area contributed by atoms with Crippen LogP contribution in [0.1, 0.15) is 12.5 Å². The molecule has 0 saturated carbocycles. The Labute approximate surface area is 143 Å². The molecule has 1 N–H and O–H groups in total. The van der Waals surface area contributed by atoms with E-state index in [1.54, 1.807) is 31.2 Å². The van der Waals surface area contributed by atoms with E-state index in [1.165, 1.54) is 25.3 Å². The average molecular weight is 341 g/mol. The number of nitrogens with zero attached hydrogens (tertiary/aromatic N) is 2. The Balaban J connectivity index is 2.07. The van der Waals surface area contributed by atoms with Gasteiger partial charge in [-0.3, -0.25) is 14.9 Å². The molecular weight excluding hydrogens is 326 g/mol. The van der Waals surface area contributed by atoms with Crippen LogP contribution in [-0.4, -0.2) is 24.0 Å². The van der Waals surface area contributed by atoms with Crippen LogP contribution in [0.2, 0.25) is 0 Å². The first-order valence-electron chi connectivity index (χ1n) is 7.24. The van der Waals surface area contributed by atoms with Gasteiger partial charge in [-0.2, -0.15) is 5.26 Å². The maximum absolute atomic E-state index is 12.2. The van der Waals surface area contributed by atoms with Crippen molar-refractivity contribution in [3.8, 4) is 17.6 Å². The van der Waals surface area contributed by atoms with E-state index >= 15 is 0 Å². The lowest BCUT2D eigenvalue weighted by Crippen LogP contribution is -2.30. The monoisotopic (exact) mass is 341 g/mol. The van der Waals surface area contributed by atoms with E-state index in [-0.39, 0.29) is 11.4 Å². The largest absolute Gasteiger partial charge is 0.494 e. The first-order valence-corrected chi connectivity index (χ1v) is 7.24. The van der Waals surface area contributed by atoms with E-state index in [4.69, 9.17) is 14.7 Å². The third-order valence-corrected chi connectivity index (χ3v) is 3.32. The molecule has 0 aliphatic rings. The van der Waals surface area contributed by atoms with Crippen LogP contribution in [-0.2, 0) is 4.79 Å². The molecule has 0 aromatic heterocycles. The van der Waals surface area contributed by atoms with Gasteiger partial charge in [-0.05, 0) is 37.3 Å². The fourth-order valence-corrected chi connectivity index (χ4v) is 2.00. The van der Waals surface area contributed by atoms with Crippen LogP contribution in [0.3, 0.4) is 0 Å². The topological polar surface area (TPSA) is 114 Å². The van der Waals surface area contributed by atoms with Crippen molar-refractivity contribution in [1.82, 2.24) is 0 Å². The lowest BCUT2D eigenvalue weighted by molar-refractivity contribution is -0.384. The van der Waals surface area contributed by atoms with Gasteiger partial charge in [0.15, 0.2) is 6.10 Å². The number of methoxy groups -OCH3 is 1. The highest BCUT2D eigenvalue weighted by molar-refractivity contribution is 5.95. The second-order valence-corrected chi connectivity index (χ2v) is 5.03. The fourth-order valence-electron chi connectivity index (χ4n) is 2.00. The zero-order valence-electron chi connectivity index (χ0n) is 13.6. The molecule has 0 aliphatic heterocycles. The molecule has 8 heteroatoms. The average Bonchev–Trinajstić information content (AvgIpc) is 2.62. The Morgan fingerprint density at radius 1 is 1.28 bits per heavy atom. The molecule has 0 radical (unpaired) electrons. The zero-order chi connectivity index (χ0) is 18.4. The summed E-state index contributed by atoms with van der Waals surface area (Å²) < 4.78 is 10.6. The summed E-state index contributed by atoms with van der Waals surface area (Å²) in [6, 6.07) is 12.2. The highest BCUT2D eigenvalue weighted by Crippen LogP contribution is 2.29. The number of hydrogen-bond donors (Lipinski definition) is 1. The first kappa shape index (κ1) is 17.7. The second kappa shape index (κ2) is 7.79. The molecule has 1 amide bonds. The van der Waals surface area contributed by atoms with Gasteiger partial charge in [0, 0.05) is 6.07 Å². The van der Waals surface area contributed by atoms with Gasteiger partial charge in [0.2, 0.25) is 0 Å². The number of rotatable bonds is 6. The number of hydrogen-bond acceptors (Lipinski definition) is 6. The SMILES string of the molecule is COc1cc([N+](=O)[O-])ccc1NC(=O)[C@H](C)Oc1ccc(C#N)cc1. The smallest absolute Gasteiger partial charge is 0.273 e. The molecule has 2 rings (SSSR count). The van der Waals surface area contributed by atoms with Crippen molar-refractivity contribution < 1.29 is 19.2 Å². The summed E-state index contributed by atoms with van der Waals surface area (Å²) >= 11 is 0. The minimum Gasteiger partial charge on any atom is -0.494 e. The van der Waals surface area contributed by atoms with Gasteiger partial charge in [-0.1, -0.05) is 0 Å². The molecule has 0 saturated heterocycles. The summed E-state index contributed by atoms with van der Waals surface area (Å²) in [7, 11) is 1.35. The highest BCUT2D eigenvalue weighted by Gasteiger charge is 2.18. The summed E-state index contributed by atoms with van der Waals surface area (Å²) in [5, 5.41) is 22.1. The molecule has 0 aliphatic carbocycles. The van der Waals surface area contributed by atoms with Crippen molar-refractivity contribution in [3.05, 3.63) is 58.1 Å². The maximum Gasteiger partial charge on any atom is 0.273 e. The van der Waals surface area contributed by atoms with Gasteiger partial charge in [-0.15, -0.1) is 0 Å². The van der Waals surface area contributed by atoms with Crippen LogP contribution in [0.4, 0.5) is 11.4 Å². The number of carbonyl (C=O) groups is 1. The first-order chi connectivity index (χ1) is 11.9. The number of nitro benzene ring substituents is 1. The summed E-state index contributed by atoms with van der Waals surface area (Å²) in [4.78, 5) is 22.5. The Morgan fingerprint density at radius 2 is 1.96 bits per heavy atom. The van der Waals surface area contributed by atoms with Crippen LogP contribution >= 0.6 is 0 Å². The zero-order valence-corrected chi connectivity index (χ0v) is 13.6. The molecule has 8 nitrogen and oxygen atoms in total. The minimum absolute atomic E-state index is 0.142. The second-order valence-electron chi connectivity index (χ2n) is 5.03. The number of amides is 1.